The van der Waals surface area contributed by atoms with Crippen LogP contribution in [0.1, 0.15) is 0 Å². The van der Waals surface area contributed by atoms with Crippen LogP contribution >= 0.6 is 0 Å². The van der Waals surface area contributed by atoms with Crippen LogP contribution in [0.5, 0.6) is 0 Å². The Hall–Kier alpha value is 0.709. The molecule has 0 heterocycles. The molecule has 0 bridgehead atoms. The average molecular weight is 230 g/mol. The Labute approximate surface area is 56.6 Å². The van der Waals surface area contributed by atoms with Crippen molar-refractivity contribution in [3.63, 3.8) is 0 Å². The average Bonchev–Trinajstić information content (AvgIpc) is 1.72. The minimum atomic E-state index is 0.431. The van der Waals surface area contributed by atoms with Crippen molar-refractivity contribution in [2.75, 3.05) is 0 Å². The van der Waals surface area contributed by atoms with E-state index in [1.165, 1.54) is 0 Å². The van der Waals surface area contributed by atoms with Crippen molar-refractivity contribution in [1.82, 2.24) is 0 Å². The van der Waals surface area contributed by atoms with E-state index >= 15 is 0 Å². The Kier molecular flexibility index (Phi) is 5.35. The van der Waals surface area contributed by atoms with E-state index in [9.17, 15) is 4.79 Å². The molecule has 0 fully saturated rings. The summed E-state index contributed by atoms with van der Waals surface area (Å²) in [4.78, 5) is 10.00. The molecular formula is C4H8OSe2. The van der Waals surface area contributed by atoms with Crippen LogP contribution < -0.4 is 0 Å². The third-order valence-corrected chi connectivity index (χ3v) is 7.19. The molecule has 0 aliphatic rings. The Bertz CT molecular complexity index is 51.7. The summed E-state index contributed by atoms with van der Waals surface area (Å²) >= 11 is 1.10. The van der Waals surface area contributed by atoms with Crippen LogP contribution in [0.15, 0.2) is 0 Å². The number of aldehydes is 1. The summed E-state index contributed by atoms with van der Waals surface area (Å²) in [6, 6.07) is 0. The van der Waals surface area contributed by atoms with E-state index in [0.29, 0.717) is 33.6 Å². The van der Waals surface area contributed by atoms with Crippen molar-refractivity contribution < 1.29 is 4.79 Å². The first-order valence-electron chi connectivity index (χ1n) is 1.86. The Morgan fingerprint density at radius 2 is 1.86 bits per heavy atom. The molecule has 42 valence electrons. The van der Waals surface area contributed by atoms with Gasteiger partial charge < -0.3 is 0 Å². The van der Waals surface area contributed by atoms with E-state index in [0.717, 1.165) is 6.29 Å². The first-order valence-corrected chi connectivity index (χ1v) is 7.26. The number of hydrogen-bond acceptors (Lipinski definition) is 1. The molecule has 0 unspecified atom stereocenters. The number of rotatable bonds is 3. The number of carbonyl (C=O) groups excluding carboxylic acids is 1. The Balaban J connectivity index is 3.16. The fourth-order valence-electron chi connectivity index (χ4n) is 0.207. The van der Waals surface area contributed by atoms with Crippen molar-refractivity contribution in [2.24, 2.45) is 0 Å². The molecule has 3 heteroatoms. The molecule has 1 nitrogen and oxygen atoms in total. The zero-order valence-electron chi connectivity index (χ0n) is 4.38. The molecule has 0 N–H and O–H groups in total. The summed E-state index contributed by atoms with van der Waals surface area (Å²) in [5.74, 6) is 4.22. The number of carbonyl (C=O) groups is 1. The zero-order valence-corrected chi connectivity index (χ0v) is 7.81. The number of hydrogen-bond donors (Lipinski definition) is 0. The van der Waals surface area contributed by atoms with Crippen molar-refractivity contribution in [2.45, 2.75) is 15.4 Å². The Morgan fingerprint density at radius 1 is 1.43 bits per heavy atom. The van der Waals surface area contributed by atoms with Crippen LogP contribution in [0.3, 0.4) is 0 Å². The van der Waals surface area contributed by atoms with Gasteiger partial charge in [-0.1, -0.05) is 0 Å². The fraction of sp³-hybridized carbons (Fsp3) is 0.750. The predicted molar refractivity (Wildman–Crippen MR) is 33.0 cm³/mol. The zero-order chi connectivity index (χ0) is 5.70. The van der Waals surface area contributed by atoms with Gasteiger partial charge in [0.25, 0.3) is 0 Å². The monoisotopic (exact) mass is 232 g/mol. The van der Waals surface area contributed by atoms with E-state index < -0.39 is 0 Å². The molecule has 0 radical (unpaired) electrons. The van der Waals surface area contributed by atoms with E-state index in [1.54, 1.807) is 0 Å². The molecule has 0 aliphatic heterocycles. The molecular weight excluding hydrogens is 222 g/mol. The molecule has 0 atom stereocenters. The molecule has 0 saturated heterocycles. The Morgan fingerprint density at radius 3 is 1.86 bits per heavy atom. The summed E-state index contributed by atoms with van der Waals surface area (Å²) in [7, 11) is 0. The first-order chi connectivity index (χ1) is 3.35. The van der Waals surface area contributed by atoms with Crippen LogP contribution in [0.4, 0.5) is 0 Å². The second-order valence-corrected chi connectivity index (χ2v) is 6.60. The van der Waals surface area contributed by atoms with Gasteiger partial charge in [0.15, 0.2) is 0 Å². The summed E-state index contributed by atoms with van der Waals surface area (Å²) in [5, 5.41) is 0. The van der Waals surface area contributed by atoms with Gasteiger partial charge in [0.2, 0.25) is 0 Å². The van der Waals surface area contributed by atoms with Gasteiger partial charge in [-0.2, -0.15) is 0 Å². The van der Waals surface area contributed by atoms with Crippen LogP contribution in [0.25, 0.3) is 0 Å². The third kappa shape index (κ3) is 3.31. The van der Waals surface area contributed by atoms with E-state index in [-0.39, 0.29) is 0 Å². The summed E-state index contributed by atoms with van der Waals surface area (Å²) in [6.07, 6.45) is 1.08. The van der Waals surface area contributed by atoms with Gasteiger partial charge in [0.05, 0.1) is 0 Å². The van der Waals surface area contributed by atoms with E-state index in [4.69, 9.17) is 0 Å². The molecule has 7 heavy (non-hydrogen) atoms. The van der Waals surface area contributed by atoms with E-state index in [1.807, 2.05) is 0 Å². The molecule has 0 rings (SSSR count). The summed E-state index contributed by atoms with van der Waals surface area (Å²) in [5.41, 5.74) is 0. The minimum absolute atomic E-state index is 0.431. The first kappa shape index (κ1) is 7.71. The van der Waals surface area contributed by atoms with Crippen molar-refractivity contribution in [1.29, 1.82) is 0 Å². The van der Waals surface area contributed by atoms with Crippen molar-refractivity contribution in [3.05, 3.63) is 0 Å². The van der Waals surface area contributed by atoms with Crippen molar-refractivity contribution in [3.8, 4) is 0 Å². The molecule has 0 amide bonds. The maximum absolute atomic E-state index is 10.00. The van der Waals surface area contributed by atoms with Crippen LogP contribution in [0, 0.1) is 0 Å². The normalized spacial score (nSPS) is 9.57. The van der Waals surface area contributed by atoms with Gasteiger partial charge in [-0.25, -0.2) is 0 Å². The fourth-order valence-corrected chi connectivity index (χ4v) is 3.18. The second-order valence-electron chi connectivity index (χ2n) is 0.976. The summed E-state index contributed by atoms with van der Waals surface area (Å²) in [6.45, 7) is 0. The van der Waals surface area contributed by atoms with Gasteiger partial charge >= 0.3 is 56.4 Å². The quantitative estimate of drug-likeness (QED) is 0.507. The SMILES string of the molecule is C[Se]C(C=O)[Se]C. The molecule has 0 aliphatic carbocycles. The molecule has 0 saturated carbocycles. The third-order valence-electron chi connectivity index (χ3n) is 0.576. The van der Waals surface area contributed by atoms with Crippen LogP contribution in [-0.2, 0) is 4.79 Å². The van der Waals surface area contributed by atoms with Gasteiger partial charge in [-0.3, -0.25) is 0 Å². The van der Waals surface area contributed by atoms with Crippen LogP contribution in [0.2, 0.25) is 15.4 Å². The molecule has 0 aromatic carbocycles. The van der Waals surface area contributed by atoms with Crippen LogP contribution in [-0.4, -0.2) is 36.2 Å². The maximum atomic E-state index is 10.00. The van der Waals surface area contributed by atoms with E-state index in [2.05, 4.69) is 11.6 Å². The van der Waals surface area contributed by atoms with Gasteiger partial charge in [-0.05, 0) is 0 Å². The van der Waals surface area contributed by atoms with Gasteiger partial charge in [0.1, 0.15) is 0 Å². The van der Waals surface area contributed by atoms with Crippen molar-refractivity contribution >= 4 is 36.2 Å². The van der Waals surface area contributed by atoms with Gasteiger partial charge in [0, 0.05) is 0 Å². The summed E-state index contributed by atoms with van der Waals surface area (Å²) < 4.78 is 0.431. The molecule has 0 aromatic rings. The molecule has 0 spiro atoms. The molecule has 0 aromatic heterocycles. The predicted octanol–water partition coefficient (Wildman–Crippen LogP) is 0.436. The van der Waals surface area contributed by atoms with Gasteiger partial charge in [-0.15, -0.1) is 0 Å². The second kappa shape index (κ2) is 4.86. The standard InChI is InChI=1S/C4H8OSe2/c1-6-4(3-5)7-2/h3-4H,1-2H3. The topological polar surface area (TPSA) is 17.1 Å².